The van der Waals surface area contributed by atoms with Gasteiger partial charge in [-0.3, -0.25) is 24.1 Å². The number of rotatable bonds is 7. The second-order valence-corrected chi connectivity index (χ2v) is 7.62. The lowest BCUT2D eigenvalue weighted by molar-refractivity contribution is -0.113. The van der Waals surface area contributed by atoms with Crippen LogP contribution in [0.5, 0.6) is 5.75 Å². The molecule has 0 radical (unpaired) electrons. The number of thioether (sulfide) groups is 1. The van der Waals surface area contributed by atoms with E-state index in [1.165, 1.54) is 11.8 Å². The minimum Gasteiger partial charge on any atom is -0.497 e. The standard InChI is InChI=1S/C22H19N5O4S/c1-31-16-9-7-15(8-10-16)27-12-17(14-5-3-2-4-6-14)23-22(27)32-13-20(29)24-18-11-19(28)26-21(30)25-18/h2-12H,13H2,1H3,(H3,24,25,26,28,29,30). The summed E-state index contributed by atoms with van der Waals surface area (Å²) in [6.45, 7) is 0. The van der Waals surface area contributed by atoms with Crippen molar-refractivity contribution in [2.24, 2.45) is 0 Å². The summed E-state index contributed by atoms with van der Waals surface area (Å²) in [7, 11) is 1.60. The van der Waals surface area contributed by atoms with E-state index < -0.39 is 11.2 Å². The molecule has 32 heavy (non-hydrogen) atoms. The van der Waals surface area contributed by atoms with Crippen LogP contribution in [0.3, 0.4) is 0 Å². The van der Waals surface area contributed by atoms with Crippen molar-refractivity contribution in [1.82, 2.24) is 19.5 Å². The van der Waals surface area contributed by atoms with E-state index in [1.54, 1.807) is 7.11 Å². The number of nitrogens with zero attached hydrogens (tertiary/aromatic N) is 2. The number of benzene rings is 2. The van der Waals surface area contributed by atoms with Crippen molar-refractivity contribution < 1.29 is 9.53 Å². The van der Waals surface area contributed by atoms with Crippen molar-refractivity contribution in [2.45, 2.75) is 5.16 Å². The van der Waals surface area contributed by atoms with E-state index in [0.717, 1.165) is 28.8 Å². The third-order valence-electron chi connectivity index (χ3n) is 4.46. The van der Waals surface area contributed by atoms with Crippen LogP contribution in [0, 0.1) is 0 Å². The minimum absolute atomic E-state index is 0.0240. The van der Waals surface area contributed by atoms with Crippen LogP contribution in [0.25, 0.3) is 16.9 Å². The molecule has 0 unspecified atom stereocenters. The Morgan fingerprint density at radius 3 is 2.53 bits per heavy atom. The highest BCUT2D eigenvalue weighted by Crippen LogP contribution is 2.28. The largest absolute Gasteiger partial charge is 0.497 e. The van der Waals surface area contributed by atoms with Gasteiger partial charge in [0.15, 0.2) is 5.16 Å². The van der Waals surface area contributed by atoms with Gasteiger partial charge < -0.3 is 10.1 Å². The van der Waals surface area contributed by atoms with E-state index in [4.69, 9.17) is 9.72 Å². The molecule has 9 nitrogen and oxygen atoms in total. The first-order valence-electron chi connectivity index (χ1n) is 9.57. The zero-order valence-corrected chi connectivity index (χ0v) is 17.8. The van der Waals surface area contributed by atoms with Crippen LogP contribution >= 0.6 is 11.8 Å². The normalized spacial score (nSPS) is 10.7. The number of aromatic amines is 2. The molecule has 1 amide bonds. The lowest BCUT2D eigenvalue weighted by Gasteiger charge is -2.08. The average molecular weight is 449 g/mol. The zero-order chi connectivity index (χ0) is 22.5. The Labute approximate surface area is 186 Å². The smallest absolute Gasteiger partial charge is 0.327 e. The predicted octanol–water partition coefficient (Wildman–Crippen LogP) is 2.66. The van der Waals surface area contributed by atoms with E-state index in [2.05, 4.69) is 10.3 Å². The van der Waals surface area contributed by atoms with Gasteiger partial charge in [-0.1, -0.05) is 42.1 Å². The molecule has 0 fully saturated rings. The molecular formula is C22H19N5O4S. The van der Waals surface area contributed by atoms with Crippen LogP contribution in [0.15, 0.2) is 81.6 Å². The van der Waals surface area contributed by atoms with Gasteiger partial charge >= 0.3 is 5.69 Å². The first-order chi connectivity index (χ1) is 15.5. The highest BCUT2D eigenvalue weighted by atomic mass is 32.2. The topological polar surface area (TPSA) is 122 Å². The van der Waals surface area contributed by atoms with E-state index in [1.807, 2.05) is 70.3 Å². The molecule has 0 bridgehead atoms. The number of ether oxygens (including phenoxy) is 1. The summed E-state index contributed by atoms with van der Waals surface area (Å²) in [4.78, 5) is 44.3. The van der Waals surface area contributed by atoms with E-state index in [9.17, 15) is 14.4 Å². The molecule has 4 aromatic rings. The number of anilines is 1. The molecule has 2 aromatic heterocycles. The third kappa shape index (κ3) is 4.98. The van der Waals surface area contributed by atoms with Crippen molar-refractivity contribution in [3.05, 3.63) is 87.7 Å². The Hall–Kier alpha value is -4.05. The fourth-order valence-corrected chi connectivity index (χ4v) is 3.79. The maximum atomic E-state index is 12.4. The van der Waals surface area contributed by atoms with Gasteiger partial charge in [-0.05, 0) is 24.3 Å². The van der Waals surface area contributed by atoms with Gasteiger partial charge in [-0.25, -0.2) is 9.78 Å². The van der Waals surface area contributed by atoms with E-state index in [0.29, 0.717) is 5.16 Å². The summed E-state index contributed by atoms with van der Waals surface area (Å²) < 4.78 is 7.13. The van der Waals surface area contributed by atoms with Gasteiger partial charge in [0.05, 0.1) is 18.6 Å². The number of methoxy groups -OCH3 is 1. The molecule has 10 heteroatoms. The van der Waals surface area contributed by atoms with Crippen LogP contribution < -0.4 is 21.3 Å². The molecule has 0 aliphatic heterocycles. The molecule has 2 heterocycles. The molecule has 0 saturated heterocycles. The first-order valence-corrected chi connectivity index (χ1v) is 10.6. The van der Waals surface area contributed by atoms with Crippen molar-refractivity contribution >= 4 is 23.5 Å². The number of imidazole rings is 1. The lowest BCUT2D eigenvalue weighted by Crippen LogP contribution is -2.25. The summed E-state index contributed by atoms with van der Waals surface area (Å²) in [5.74, 6) is 0.406. The van der Waals surface area contributed by atoms with Crippen molar-refractivity contribution in [1.29, 1.82) is 0 Å². The summed E-state index contributed by atoms with van der Waals surface area (Å²) in [5.41, 5.74) is 1.29. The van der Waals surface area contributed by atoms with Crippen molar-refractivity contribution in [3.8, 4) is 22.7 Å². The number of hydrogen-bond donors (Lipinski definition) is 3. The van der Waals surface area contributed by atoms with Gasteiger partial charge in [0.1, 0.15) is 11.6 Å². The van der Waals surface area contributed by atoms with Crippen LogP contribution in [0.4, 0.5) is 5.82 Å². The fraction of sp³-hybridized carbons (Fsp3) is 0.0909. The molecule has 0 spiro atoms. The first kappa shape index (κ1) is 21.2. The SMILES string of the molecule is COc1ccc(-n2cc(-c3ccccc3)nc2SCC(=O)Nc2cc(=O)[nH]c(=O)[nH]2)cc1. The van der Waals surface area contributed by atoms with E-state index >= 15 is 0 Å². The van der Waals surface area contributed by atoms with Gasteiger partial charge in [-0.15, -0.1) is 0 Å². The zero-order valence-electron chi connectivity index (χ0n) is 17.0. The van der Waals surface area contributed by atoms with Crippen LogP contribution in [0.2, 0.25) is 0 Å². The number of carbonyl (C=O) groups is 1. The second-order valence-electron chi connectivity index (χ2n) is 6.68. The quantitative estimate of drug-likeness (QED) is 0.373. The summed E-state index contributed by atoms with van der Waals surface area (Å²) in [6.07, 6.45) is 1.91. The molecule has 0 aliphatic rings. The number of amides is 1. The van der Waals surface area contributed by atoms with Crippen LogP contribution in [-0.2, 0) is 4.79 Å². The highest BCUT2D eigenvalue weighted by Gasteiger charge is 2.14. The Kier molecular flexibility index (Phi) is 6.22. The molecule has 0 atom stereocenters. The van der Waals surface area contributed by atoms with Crippen LogP contribution in [-0.4, -0.2) is 38.3 Å². The molecule has 162 valence electrons. The van der Waals surface area contributed by atoms with Crippen LogP contribution in [0.1, 0.15) is 0 Å². The van der Waals surface area contributed by atoms with Gasteiger partial charge in [0.2, 0.25) is 5.91 Å². The summed E-state index contributed by atoms with van der Waals surface area (Å²) >= 11 is 1.23. The molecule has 4 rings (SSSR count). The Bertz CT molecular complexity index is 1320. The molecule has 0 saturated carbocycles. The van der Waals surface area contributed by atoms with Crippen molar-refractivity contribution in [2.75, 3.05) is 18.2 Å². The summed E-state index contributed by atoms with van der Waals surface area (Å²) in [5, 5.41) is 3.13. The van der Waals surface area contributed by atoms with E-state index in [-0.39, 0.29) is 17.5 Å². The number of hydrogen-bond acceptors (Lipinski definition) is 6. The Morgan fingerprint density at radius 1 is 1.09 bits per heavy atom. The third-order valence-corrected chi connectivity index (χ3v) is 5.41. The number of nitrogens with one attached hydrogen (secondary N) is 3. The predicted molar refractivity (Wildman–Crippen MR) is 123 cm³/mol. The number of H-pyrrole nitrogens is 2. The number of carbonyl (C=O) groups excluding carboxylic acids is 1. The van der Waals surface area contributed by atoms with Crippen molar-refractivity contribution in [3.63, 3.8) is 0 Å². The van der Waals surface area contributed by atoms with Gasteiger partial charge in [0.25, 0.3) is 5.56 Å². The molecule has 0 aliphatic carbocycles. The number of aromatic nitrogens is 4. The Morgan fingerprint density at radius 2 is 1.84 bits per heavy atom. The maximum absolute atomic E-state index is 12.4. The Balaban J connectivity index is 1.58. The molecular weight excluding hydrogens is 430 g/mol. The molecule has 2 aromatic carbocycles. The monoisotopic (exact) mass is 449 g/mol. The maximum Gasteiger partial charge on any atom is 0.327 e. The second kappa shape index (κ2) is 9.40. The molecule has 3 N–H and O–H groups in total. The lowest BCUT2D eigenvalue weighted by atomic mass is 10.2. The van der Waals surface area contributed by atoms with Gasteiger partial charge in [-0.2, -0.15) is 0 Å². The van der Waals surface area contributed by atoms with Gasteiger partial charge in [0, 0.05) is 23.5 Å². The minimum atomic E-state index is -0.692. The average Bonchev–Trinajstić information content (AvgIpc) is 3.22. The summed E-state index contributed by atoms with van der Waals surface area (Å²) in [6, 6.07) is 18.3. The highest BCUT2D eigenvalue weighted by molar-refractivity contribution is 7.99. The fourth-order valence-electron chi connectivity index (χ4n) is 2.99.